The van der Waals surface area contributed by atoms with Gasteiger partial charge in [-0.15, -0.1) is 0 Å². The molecule has 1 aromatic rings. The van der Waals surface area contributed by atoms with E-state index in [9.17, 15) is 9.59 Å². The fourth-order valence-electron chi connectivity index (χ4n) is 2.28. The van der Waals surface area contributed by atoms with Gasteiger partial charge < -0.3 is 5.32 Å². The van der Waals surface area contributed by atoms with Crippen molar-refractivity contribution < 1.29 is 9.59 Å². The van der Waals surface area contributed by atoms with Gasteiger partial charge in [-0.25, -0.2) is 5.43 Å². The highest BCUT2D eigenvalue weighted by Gasteiger charge is 2.05. The Morgan fingerprint density at radius 3 is 2.33 bits per heavy atom. The number of nitrogens with one attached hydrogen (secondary N) is 2. The van der Waals surface area contributed by atoms with Gasteiger partial charge in [0.15, 0.2) is 0 Å². The summed E-state index contributed by atoms with van der Waals surface area (Å²) in [6, 6.07) is 9.26. The van der Waals surface area contributed by atoms with Crippen molar-refractivity contribution >= 4 is 23.2 Å². The van der Waals surface area contributed by atoms with Crippen LogP contribution in [-0.2, 0) is 9.59 Å². The molecule has 0 heterocycles. The highest BCUT2D eigenvalue weighted by atomic mass is 16.2. The zero-order valence-electron chi connectivity index (χ0n) is 14.8. The Morgan fingerprint density at radius 2 is 1.62 bits per heavy atom. The van der Waals surface area contributed by atoms with Gasteiger partial charge in [-0.2, -0.15) is 5.10 Å². The zero-order valence-corrected chi connectivity index (χ0v) is 14.8. The molecule has 5 heteroatoms. The Labute approximate surface area is 144 Å². The van der Waals surface area contributed by atoms with Gasteiger partial charge in [-0.05, 0) is 25.5 Å². The van der Waals surface area contributed by atoms with Gasteiger partial charge in [0.2, 0.25) is 11.8 Å². The number of anilines is 1. The van der Waals surface area contributed by atoms with E-state index in [1.165, 1.54) is 25.7 Å². The van der Waals surface area contributed by atoms with Crippen LogP contribution in [0, 0.1) is 0 Å². The summed E-state index contributed by atoms with van der Waals surface area (Å²) in [5, 5.41) is 6.78. The Morgan fingerprint density at radius 1 is 0.958 bits per heavy atom. The third kappa shape index (κ3) is 9.77. The molecule has 0 atom stereocenters. The van der Waals surface area contributed by atoms with Crippen LogP contribution in [0.2, 0.25) is 0 Å². The predicted molar refractivity (Wildman–Crippen MR) is 98.9 cm³/mol. The van der Waals surface area contributed by atoms with Gasteiger partial charge >= 0.3 is 0 Å². The fourth-order valence-corrected chi connectivity index (χ4v) is 2.28. The largest absolute Gasteiger partial charge is 0.326 e. The maximum absolute atomic E-state index is 11.9. The number of rotatable bonds is 11. The van der Waals surface area contributed by atoms with E-state index in [1.807, 2.05) is 30.3 Å². The van der Waals surface area contributed by atoms with Crippen LogP contribution in [0.1, 0.15) is 65.2 Å². The van der Waals surface area contributed by atoms with Crippen molar-refractivity contribution in [2.45, 2.75) is 65.2 Å². The average Bonchev–Trinajstić information content (AvgIpc) is 2.57. The van der Waals surface area contributed by atoms with Crippen molar-refractivity contribution in [3.8, 4) is 0 Å². The average molecular weight is 331 g/mol. The molecule has 0 aliphatic heterocycles. The van der Waals surface area contributed by atoms with E-state index in [0.717, 1.165) is 18.5 Å². The molecular weight excluding hydrogens is 302 g/mol. The van der Waals surface area contributed by atoms with Gasteiger partial charge in [-0.1, -0.05) is 57.2 Å². The Balaban J connectivity index is 2.18. The van der Waals surface area contributed by atoms with Crippen LogP contribution >= 0.6 is 0 Å². The first-order valence-corrected chi connectivity index (χ1v) is 8.78. The lowest BCUT2D eigenvalue weighted by Crippen LogP contribution is -2.21. The molecule has 0 saturated heterocycles. The number of carbonyl (C=O) groups is 2. The predicted octanol–water partition coefficient (Wildman–Crippen LogP) is 4.26. The molecule has 0 fully saturated rings. The summed E-state index contributed by atoms with van der Waals surface area (Å²) in [7, 11) is 0. The van der Waals surface area contributed by atoms with E-state index in [4.69, 9.17) is 0 Å². The Hall–Kier alpha value is -2.17. The van der Waals surface area contributed by atoms with Gasteiger partial charge in [0, 0.05) is 17.8 Å². The summed E-state index contributed by atoms with van der Waals surface area (Å²) in [4.78, 5) is 23.6. The van der Waals surface area contributed by atoms with Gasteiger partial charge in [-0.3, -0.25) is 9.59 Å². The van der Waals surface area contributed by atoms with E-state index in [1.54, 1.807) is 6.92 Å². The van der Waals surface area contributed by atoms with Crippen LogP contribution in [0.3, 0.4) is 0 Å². The van der Waals surface area contributed by atoms with Crippen molar-refractivity contribution in [3.63, 3.8) is 0 Å². The first-order valence-electron chi connectivity index (χ1n) is 8.78. The summed E-state index contributed by atoms with van der Waals surface area (Å²) >= 11 is 0. The maximum Gasteiger partial charge on any atom is 0.240 e. The number of hydrogen-bond acceptors (Lipinski definition) is 3. The SMILES string of the molecule is CCCCCCCCC(=O)NN=C(C)CC(=O)Nc1ccccc1. The lowest BCUT2D eigenvalue weighted by molar-refractivity contribution is -0.121. The van der Waals surface area contributed by atoms with Crippen molar-refractivity contribution in [2.24, 2.45) is 5.10 Å². The molecule has 2 N–H and O–H groups in total. The zero-order chi connectivity index (χ0) is 17.6. The van der Waals surface area contributed by atoms with E-state index in [0.29, 0.717) is 12.1 Å². The molecule has 0 aliphatic rings. The standard InChI is InChI=1S/C19H29N3O2/c1-3-4-5-6-7-11-14-18(23)22-21-16(2)15-19(24)20-17-12-9-8-10-13-17/h8-10,12-13H,3-7,11,14-15H2,1-2H3,(H,20,24)(H,22,23). The highest BCUT2D eigenvalue weighted by molar-refractivity contribution is 6.05. The van der Waals surface area contributed by atoms with Gasteiger partial charge in [0.25, 0.3) is 0 Å². The van der Waals surface area contributed by atoms with Crippen molar-refractivity contribution in [3.05, 3.63) is 30.3 Å². The summed E-state index contributed by atoms with van der Waals surface area (Å²) < 4.78 is 0. The van der Waals surface area contributed by atoms with Gasteiger partial charge in [0.1, 0.15) is 0 Å². The second-order valence-corrected chi connectivity index (χ2v) is 5.99. The molecule has 24 heavy (non-hydrogen) atoms. The molecule has 5 nitrogen and oxygen atoms in total. The molecule has 0 unspecified atom stereocenters. The molecule has 0 radical (unpaired) electrons. The minimum Gasteiger partial charge on any atom is -0.326 e. The number of amides is 2. The number of nitrogens with zero attached hydrogens (tertiary/aromatic N) is 1. The molecule has 1 rings (SSSR count). The highest BCUT2D eigenvalue weighted by Crippen LogP contribution is 2.07. The van der Waals surface area contributed by atoms with Crippen LogP contribution in [0.4, 0.5) is 5.69 Å². The second kappa shape index (κ2) is 12.3. The summed E-state index contributed by atoms with van der Waals surface area (Å²) in [6.07, 6.45) is 7.53. The Kier molecular flexibility index (Phi) is 10.2. The lowest BCUT2D eigenvalue weighted by atomic mass is 10.1. The normalized spacial score (nSPS) is 11.2. The number of hydrogen-bond donors (Lipinski definition) is 2. The van der Waals surface area contributed by atoms with Crippen molar-refractivity contribution in [2.75, 3.05) is 5.32 Å². The van der Waals surface area contributed by atoms with E-state index in [-0.39, 0.29) is 18.2 Å². The van der Waals surface area contributed by atoms with E-state index >= 15 is 0 Å². The van der Waals surface area contributed by atoms with Crippen LogP contribution in [-0.4, -0.2) is 17.5 Å². The molecule has 0 aromatic heterocycles. The molecule has 0 spiro atoms. The minimum absolute atomic E-state index is 0.0895. The summed E-state index contributed by atoms with van der Waals surface area (Å²) in [6.45, 7) is 3.92. The van der Waals surface area contributed by atoms with Crippen LogP contribution in [0.15, 0.2) is 35.4 Å². The van der Waals surface area contributed by atoms with E-state index in [2.05, 4.69) is 22.8 Å². The Bertz CT molecular complexity index is 527. The topological polar surface area (TPSA) is 70.6 Å². The molecule has 0 aliphatic carbocycles. The summed E-state index contributed by atoms with van der Waals surface area (Å²) in [5.41, 5.74) is 3.86. The quantitative estimate of drug-likeness (QED) is 0.361. The molecule has 0 bridgehead atoms. The maximum atomic E-state index is 11.9. The van der Waals surface area contributed by atoms with Crippen molar-refractivity contribution in [1.82, 2.24) is 5.43 Å². The third-order valence-corrected chi connectivity index (χ3v) is 3.60. The van der Waals surface area contributed by atoms with Crippen LogP contribution in [0.5, 0.6) is 0 Å². The van der Waals surface area contributed by atoms with Crippen molar-refractivity contribution in [1.29, 1.82) is 0 Å². The number of unbranched alkanes of at least 4 members (excludes halogenated alkanes) is 5. The lowest BCUT2D eigenvalue weighted by Gasteiger charge is -2.05. The summed E-state index contributed by atoms with van der Waals surface area (Å²) in [5.74, 6) is -0.235. The number of para-hydroxylation sites is 1. The van der Waals surface area contributed by atoms with E-state index < -0.39 is 0 Å². The van der Waals surface area contributed by atoms with Crippen LogP contribution in [0.25, 0.3) is 0 Å². The fraction of sp³-hybridized carbons (Fsp3) is 0.526. The first kappa shape index (κ1) is 19.9. The monoisotopic (exact) mass is 331 g/mol. The minimum atomic E-state index is -0.146. The molecule has 2 amide bonds. The van der Waals surface area contributed by atoms with Gasteiger partial charge in [0.05, 0.1) is 6.42 Å². The smallest absolute Gasteiger partial charge is 0.240 e. The number of carbonyl (C=O) groups excluding carboxylic acids is 2. The molecule has 1 aromatic carbocycles. The second-order valence-electron chi connectivity index (χ2n) is 5.99. The first-order chi connectivity index (χ1) is 11.6. The molecular formula is C19H29N3O2. The van der Waals surface area contributed by atoms with Crippen LogP contribution < -0.4 is 10.7 Å². The molecule has 132 valence electrons. The third-order valence-electron chi connectivity index (χ3n) is 3.60. The number of benzene rings is 1. The molecule has 0 saturated carbocycles. The number of hydrazone groups is 1.